The van der Waals surface area contributed by atoms with Crippen LogP contribution in [0.3, 0.4) is 0 Å². The maximum Gasteiger partial charge on any atom is -0.00137 e. The van der Waals surface area contributed by atoms with Crippen LogP contribution in [0.4, 0.5) is 0 Å². The molecule has 0 radical (unpaired) electrons. The molecule has 0 aromatic heterocycles. The fraction of sp³-hybridized carbons (Fsp3) is 0.0714. The van der Waals surface area contributed by atoms with E-state index in [0.29, 0.717) is 0 Å². The Morgan fingerprint density at radius 2 is 1.11 bits per heavy atom. The summed E-state index contributed by atoms with van der Waals surface area (Å²) >= 11 is 0. The average Bonchev–Trinajstić information content (AvgIpc) is 3.11. The van der Waals surface area contributed by atoms with Crippen molar-refractivity contribution < 1.29 is 0 Å². The highest BCUT2D eigenvalue weighted by atomic mass is 14.3. The normalized spacial score (nSPS) is 11.9. The summed E-state index contributed by atoms with van der Waals surface area (Å²) in [6.07, 6.45) is 1.07. The maximum absolute atomic E-state index is 2.30. The van der Waals surface area contributed by atoms with Crippen LogP contribution in [0.2, 0.25) is 0 Å². The molecule has 0 amide bonds. The number of aryl methyl sites for hydroxylation is 1. The second kappa shape index (κ2) is 5.81. The zero-order valence-electron chi connectivity index (χ0n) is 15.9. The first-order valence-corrected chi connectivity index (χ1v) is 10.0. The lowest BCUT2D eigenvalue weighted by Crippen LogP contribution is -1.89. The van der Waals surface area contributed by atoms with Crippen LogP contribution < -0.4 is 0 Å². The highest BCUT2D eigenvalue weighted by Gasteiger charge is 2.25. The highest BCUT2D eigenvalue weighted by Crippen LogP contribution is 2.53. The second-order valence-electron chi connectivity index (χ2n) is 7.62. The summed E-state index contributed by atoms with van der Waals surface area (Å²) in [6.45, 7) is 2.21. The van der Waals surface area contributed by atoms with Crippen molar-refractivity contribution in [3.05, 3.63) is 96.6 Å². The standard InChI is InChI=1S/C28H20/c1-2-18-14-16-19(17-15-18)26-23-10-5-6-11-24(23)27-21-9-4-3-8-20(21)22-12-7-13-25(26)28(22)27/h3-17H,2H2,1H3. The molecule has 0 saturated carbocycles. The molecule has 5 aromatic carbocycles. The Bertz CT molecular complexity index is 1370. The third-order valence-corrected chi connectivity index (χ3v) is 6.19. The fourth-order valence-electron chi connectivity index (χ4n) is 4.89. The summed E-state index contributed by atoms with van der Waals surface area (Å²) in [7, 11) is 0. The molecule has 0 nitrogen and oxygen atoms in total. The van der Waals surface area contributed by atoms with E-state index in [1.54, 1.807) is 0 Å². The SMILES string of the molecule is CCc1ccc(-c2c3ccccc3c3c4c(cccc24)-c2ccccc2-3)cc1. The molecule has 0 N–H and O–H groups in total. The third kappa shape index (κ3) is 2.00. The van der Waals surface area contributed by atoms with Gasteiger partial charge in [-0.05, 0) is 66.9 Å². The minimum atomic E-state index is 1.07. The van der Waals surface area contributed by atoms with Crippen molar-refractivity contribution in [3.8, 4) is 33.4 Å². The Morgan fingerprint density at radius 3 is 1.86 bits per heavy atom. The van der Waals surface area contributed by atoms with Gasteiger partial charge in [0.2, 0.25) is 0 Å². The lowest BCUT2D eigenvalue weighted by Gasteiger charge is -2.15. The molecular formula is C28H20. The zero-order chi connectivity index (χ0) is 18.7. The van der Waals surface area contributed by atoms with E-state index >= 15 is 0 Å². The average molecular weight is 356 g/mol. The molecule has 0 heterocycles. The zero-order valence-corrected chi connectivity index (χ0v) is 15.9. The van der Waals surface area contributed by atoms with Gasteiger partial charge in [0.1, 0.15) is 0 Å². The molecule has 1 aliphatic carbocycles. The topological polar surface area (TPSA) is 0 Å². The van der Waals surface area contributed by atoms with Crippen LogP contribution in [0, 0.1) is 0 Å². The largest absolute Gasteiger partial charge is 0.0616 e. The van der Waals surface area contributed by atoms with Crippen LogP contribution in [0.25, 0.3) is 54.9 Å². The van der Waals surface area contributed by atoms with Crippen LogP contribution in [0.5, 0.6) is 0 Å². The predicted molar refractivity (Wildman–Crippen MR) is 121 cm³/mol. The van der Waals surface area contributed by atoms with Gasteiger partial charge in [-0.3, -0.25) is 0 Å². The van der Waals surface area contributed by atoms with Gasteiger partial charge in [0.05, 0.1) is 0 Å². The van der Waals surface area contributed by atoms with Gasteiger partial charge in [0.15, 0.2) is 0 Å². The first kappa shape index (κ1) is 15.7. The Morgan fingerprint density at radius 1 is 0.500 bits per heavy atom. The van der Waals surface area contributed by atoms with Gasteiger partial charge >= 0.3 is 0 Å². The van der Waals surface area contributed by atoms with Gasteiger partial charge in [-0.1, -0.05) is 97.9 Å². The highest BCUT2D eigenvalue weighted by molar-refractivity contribution is 6.29. The predicted octanol–water partition coefficient (Wildman–Crippen LogP) is 7.87. The molecule has 0 fully saturated rings. The van der Waals surface area contributed by atoms with Gasteiger partial charge < -0.3 is 0 Å². The molecule has 28 heavy (non-hydrogen) atoms. The minimum absolute atomic E-state index is 1.07. The molecule has 0 atom stereocenters. The molecule has 0 saturated heterocycles. The van der Waals surface area contributed by atoms with Crippen LogP contribution in [0.15, 0.2) is 91.0 Å². The fourth-order valence-corrected chi connectivity index (χ4v) is 4.89. The second-order valence-corrected chi connectivity index (χ2v) is 7.62. The van der Waals surface area contributed by atoms with Crippen LogP contribution in [0.1, 0.15) is 12.5 Å². The third-order valence-electron chi connectivity index (χ3n) is 6.19. The lowest BCUT2D eigenvalue weighted by molar-refractivity contribution is 1.14. The summed E-state index contributed by atoms with van der Waals surface area (Å²) in [5.74, 6) is 0. The maximum atomic E-state index is 2.30. The van der Waals surface area contributed by atoms with Crippen LogP contribution >= 0.6 is 0 Å². The van der Waals surface area contributed by atoms with Gasteiger partial charge in [0.25, 0.3) is 0 Å². The number of rotatable bonds is 2. The van der Waals surface area contributed by atoms with Crippen molar-refractivity contribution >= 4 is 21.5 Å². The van der Waals surface area contributed by atoms with E-state index in [9.17, 15) is 0 Å². The molecule has 5 aromatic rings. The monoisotopic (exact) mass is 356 g/mol. The van der Waals surface area contributed by atoms with E-state index < -0.39 is 0 Å². The molecule has 0 bridgehead atoms. The van der Waals surface area contributed by atoms with Crippen molar-refractivity contribution in [1.29, 1.82) is 0 Å². The summed E-state index contributed by atoms with van der Waals surface area (Å²) in [4.78, 5) is 0. The molecular weight excluding hydrogens is 336 g/mol. The number of fused-ring (bicyclic) bond motifs is 5. The summed E-state index contributed by atoms with van der Waals surface area (Å²) in [5.41, 5.74) is 9.50. The first-order valence-electron chi connectivity index (χ1n) is 10.0. The Kier molecular flexibility index (Phi) is 3.25. The Balaban J connectivity index is 1.83. The Hall–Kier alpha value is -3.38. The van der Waals surface area contributed by atoms with Gasteiger partial charge in [-0.15, -0.1) is 0 Å². The van der Waals surface area contributed by atoms with Crippen LogP contribution in [-0.2, 0) is 6.42 Å². The molecule has 0 aliphatic heterocycles. The van der Waals surface area contributed by atoms with E-state index in [4.69, 9.17) is 0 Å². The molecule has 0 unspecified atom stereocenters. The van der Waals surface area contributed by atoms with Crippen LogP contribution in [-0.4, -0.2) is 0 Å². The first-order chi connectivity index (χ1) is 13.9. The van der Waals surface area contributed by atoms with Gasteiger partial charge in [-0.25, -0.2) is 0 Å². The van der Waals surface area contributed by atoms with Gasteiger partial charge in [0, 0.05) is 0 Å². The quantitative estimate of drug-likeness (QED) is 0.277. The van der Waals surface area contributed by atoms with Crippen molar-refractivity contribution in [3.63, 3.8) is 0 Å². The van der Waals surface area contributed by atoms with Gasteiger partial charge in [-0.2, -0.15) is 0 Å². The van der Waals surface area contributed by atoms with Crippen molar-refractivity contribution in [1.82, 2.24) is 0 Å². The van der Waals surface area contributed by atoms with E-state index in [-0.39, 0.29) is 0 Å². The number of benzene rings is 5. The Labute approximate surface area is 165 Å². The minimum Gasteiger partial charge on any atom is -0.0616 e. The summed E-state index contributed by atoms with van der Waals surface area (Å²) in [6, 6.07) is 33.6. The van der Waals surface area contributed by atoms with Crippen molar-refractivity contribution in [2.75, 3.05) is 0 Å². The lowest BCUT2D eigenvalue weighted by atomic mass is 9.88. The number of hydrogen-bond acceptors (Lipinski definition) is 0. The van der Waals surface area contributed by atoms with E-state index in [1.165, 1.54) is 60.5 Å². The molecule has 0 heteroatoms. The summed E-state index contributed by atoms with van der Waals surface area (Å²) < 4.78 is 0. The van der Waals surface area contributed by atoms with E-state index in [2.05, 4.69) is 97.9 Å². The molecule has 0 spiro atoms. The van der Waals surface area contributed by atoms with E-state index in [0.717, 1.165) is 6.42 Å². The van der Waals surface area contributed by atoms with E-state index in [1.807, 2.05) is 0 Å². The number of hydrogen-bond donors (Lipinski definition) is 0. The smallest absolute Gasteiger partial charge is 0.00137 e. The molecule has 1 aliphatic rings. The summed E-state index contributed by atoms with van der Waals surface area (Å²) in [5, 5.41) is 5.44. The van der Waals surface area contributed by atoms with Crippen molar-refractivity contribution in [2.24, 2.45) is 0 Å². The molecule has 132 valence electrons. The molecule has 6 rings (SSSR count). The van der Waals surface area contributed by atoms with Crippen molar-refractivity contribution in [2.45, 2.75) is 13.3 Å².